The summed E-state index contributed by atoms with van der Waals surface area (Å²) in [4.78, 5) is 0. The van der Waals surface area contributed by atoms with Crippen LogP contribution in [-0.2, 0) is 0 Å². The molecule has 0 aliphatic heterocycles. The van der Waals surface area contributed by atoms with Crippen LogP contribution < -0.4 is 0 Å². The minimum atomic E-state index is -0.322. The molecular weight excluding hydrogens is 150 g/mol. The summed E-state index contributed by atoms with van der Waals surface area (Å²) >= 11 is 0. The van der Waals surface area contributed by atoms with E-state index >= 15 is 0 Å². The van der Waals surface area contributed by atoms with Crippen molar-refractivity contribution in [1.82, 2.24) is 0 Å². The van der Waals surface area contributed by atoms with E-state index in [1.54, 1.807) is 0 Å². The molecule has 0 bridgehead atoms. The van der Waals surface area contributed by atoms with Crippen molar-refractivity contribution in [3.05, 3.63) is 5.21 Å². The van der Waals surface area contributed by atoms with Gasteiger partial charge in [0.2, 0.25) is 0 Å². The summed E-state index contributed by atoms with van der Waals surface area (Å²) in [7, 11) is 0. The van der Waals surface area contributed by atoms with E-state index in [0.29, 0.717) is 0 Å². The second-order valence-corrected chi connectivity index (χ2v) is 5.30. The van der Waals surface area contributed by atoms with Gasteiger partial charge in [-0.15, -0.1) is 0 Å². The van der Waals surface area contributed by atoms with E-state index in [4.69, 9.17) is 0 Å². The molecule has 72 valence electrons. The Bertz CT molecular complexity index is 169. The van der Waals surface area contributed by atoms with Gasteiger partial charge in [0, 0.05) is 33.1 Å². The highest BCUT2D eigenvalue weighted by Gasteiger charge is 2.28. The van der Waals surface area contributed by atoms with Crippen LogP contribution in [0.15, 0.2) is 0 Å². The molecule has 0 heterocycles. The zero-order valence-corrected chi connectivity index (χ0v) is 9.36. The Labute approximate surface area is 75.9 Å². The molecule has 0 saturated carbocycles. The molecule has 0 spiro atoms. The van der Waals surface area contributed by atoms with Gasteiger partial charge < -0.3 is 5.21 Å². The Balaban J connectivity index is 4.96. The molecule has 2 heteroatoms. The lowest BCUT2D eigenvalue weighted by atomic mass is 9.90. The third kappa shape index (κ3) is 2.84. The van der Waals surface area contributed by atoms with Crippen LogP contribution in [0.3, 0.4) is 0 Å². The van der Waals surface area contributed by atoms with Crippen molar-refractivity contribution < 1.29 is 4.74 Å². The first kappa shape index (κ1) is 11.5. The number of rotatable bonds is 0. The molecule has 0 unspecified atom stereocenters. The van der Waals surface area contributed by atoms with E-state index in [0.717, 1.165) is 10.5 Å². The SMILES string of the molecule is C/C(=[N+](/[O-])C(C)(C)C)C(C)(C)C. The van der Waals surface area contributed by atoms with Gasteiger partial charge in [0.25, 0.3) is 0 Å². The van der Waals surface area contributed by atoms with E-state index in [1.165, 1.54) is 0 Å². The molecule has 0 aliphatic rings. The van der Waals surface area contributed by atoms with Crippen molar-refractivity contribution in [2.45, 2.75) is 54.0 Å². The topological polar surface area (TPSA) is 26.1 Å². The van der Waals surface area contributed by atoms with Crippen molar-refractivity contribution in [2.24, 2.45) is 5.41 Å². The number of hydrogen-bond acceptors (Lipinski definition) is 1. The second kappa shape index (κ2) is 3.08. The van der Waals surface area contributed by atoms with E-state index in [2.05, 4.69) is 20.8 Å². The highest BCUT2D eigenvalue weighted by atomic mass is 16.5. The highest BCUT2D eigenvalue weighted by Crippen LogP contribution is 2.18. The molecule has 0 aromatic rings. The van der Waals surface area contributed by atoms with Crippen LogP contribution in [0.1, 0.15) is 48.5 Å². The fourth-order valence-electron chi connectivity index (χ4n) is 0.808. The molecule has 0 aromatic carbocycles. The van der Waals surface area contributed by atoms with Crippen LogP contribution in [0.4, 0.5) is 0 Å². The smallest absolute Gasteiger partial charge is 0.166 e. The minimum Gasteiger partial charge on any atom is -0.623 e. The summed E-state index contributed by atoms with van der Waals surface area (Å²) in [5.41, 5.74) is 0.529. The van der Waals surface area contributed by atoms with Gasteiger partial charge in [-0.3, -0.25) is 0 Å². The molecule has 0 amide bonds. The first-order valence-corrected chi connectivity index (χ1v) is 4.38. The summed E-state index contributed by atoms with van der Waals surface area (Å²) in [6.07, 6.45) is 0. The van der Waals surface area contributed by atoms with Gasteiger partial charge in [-0.2, -0.15) is 0 Å². The lowest BCUT2D eigenvalue weighted by molar-refractivity contribution is -0.539. The Morgan fingerprint density at radius 3 is 1.42 bits per heavy atom. The normalized spacial score (nSPS) is 15.9. The predicted octanol–water partition coefficient (Wildman–Crippen LogP) is 2.80. The molecule has 12 heavy (non-hydrogen) atoms. The van der Waals surface area contributed by atoms with Gasteiger partial charge in [0.1, 0.15) is 0 Å². The molecule has 0 atom stereocenters. The Morgan fingerprint density at radius 1 is 1.00 bits per heavy atom. The largest absolute Gasteiger partial charge is 0.623 e. The number of hydrogen-bond donors (Lipinski definition) is 0. The maximum atomic E-state index is 11.7. The number of nitrogens with zero attached hydrogens (tertiary/aromatic N) is 1. The van der Waals surface area contributed by atoms with Gasteiger partial charge in [-0.05, 0) is 0 Å². The second-order valence-electron chi connectivity index (χ2n) is 5.30. The Hall–Kier alpha value is -0.530. The molecule has 0 saturated heterocycles. The van der Waals surface area contributed by atoms with Crippen LogP contribution in [-0.4, -0.2) is 16.0 Å². The van der Waals surface area contributed by atoms with Crippen molar-refractivity contribution in [3.8, 4) is 0 Å². The first-order valence-electron chi connectivity index (χ1n) is 4.38. The zero-order valence-electron chi connectivity index (χ0n) is 9.36. The van der Waals surface area contributed by atoms with Gasteiger partial charge in [0.15, 0.2) is 11.3 Å². The average Bonchev–Trinajstić information content (AvgIpc) is 1.80. The third-order valence-corrected chi connectivity index (χ3v) is 2.00. The van der Waals surface area contributed by atoms with Crippen molar-refractivity contribution in [1.29, 1.82) is 0 Å². The van der Waals surface area contributed by atoms with Gasteiger partial charge in [-0.25, -0.2) is 4.74 Å². The fourth-order valence-corrected chi connectivity index (χ4v) is 0.808. The van der Waals surface area contributed by atoms with Crippen molar-refractivity contribution >= 4 is 5.71 Å². The van der Waals surface area contributed by atoms with Crippen molar-refractivity contribution in [3.63, 3.8) is 0 Å². The molecule has 2 nitrogen and oxygen atoms in total. The molecule has 0 fully saturated rings. The van der Waals surface area contributed by atoms with Gasteiger partial charge >= 0.3 is 0 Å². The highest BCUT2D eigenvalue weighted by molar-refractivity contribution is 5.82. The van der Waals surface area contributed by atoms with E-state index < -0.39 is 0 Å². The fraction of sp³-hybridized carbons (Fsp3) is 0.900. The summed E-state index contributed by atoms with van der Waals surface area (Å²) in [5, 5.41) is 11.7. The monoisotopic (exact) mass is 171 g/mol. The lowest BCUT2D eigenvalue weighted by Crippen LogP contribution is -2.37. The molecule has 0 aromatic heterocycles. The van der Waals surface area contributed by atoms with Crippen LogP contribution in [0.5, 0.6) is 0 Å². The van der Waals surface area contributed by atoms with E-state index in [1.807, 2.05) is 27.7 Å². The Morgan fingerprint density at radius 2 is 1.33 bits per heavy atom. The number of hydroxylamine groups is 1. The summed E-state index contributed by atoms with van der Waals surface area (Å²) in [6, 6.07) is 0. The van der Waals surface area contributed by atoms with E-state index in [-0.39, 0.29) is 11.0 Å². The van der Waals surface area contributed by atoms with Crippen LogP contribution in [0, 0.1) is 10.6 Å². The van der Waals surface area contributed by atoms with Crippen molar-refractivity contribution in [2.75, 3.05) is 0 Å². The quantitative estimate of drug-likeness (QED) is 0.238. The van der Waals surface area contributed by atoms with Gasteiger partial charge in [-0.1, -0.05) is 20.8 Å². The standard InChI is InChI=1S/C10H21NO/c1-8(9(2,3)4)11(12)10(5,6)7/h1-7H3/b11-8-. The molecule has 0 radical (unpaired) electrons. The minimum absolute atomic E-state index is 0.0327. The van der Waals surface area contributed by atoms with Gasteiger partial charge in [0.05, 0.1) is 0 Å². The summed E-state index contributed by atoms with van der Waals surface area (Å²) in [5.74, 6) is 0. The zero-order chi connectivity index (χ0) is 10.2. The van der Waals surface area contributed by atoms with Crippen LogP contribution in [0.25, 0.3) is 0 Å². The maximum absolute atomic E-state index is 11.7. The first-order chi connectivity index (χ1) is 5.07. The van der Waals surface area contributed by atoms with Crippen LogP contribution >= 0.6 is 0 Å². The molecule has 0 aliphatic carbocycles. The molecule has 0 N–H and O–H groups in total. The third-order valence-electron chi connectivity index (χ3n) is 2.00. The molecular formula is C10H21NO. The van der Waals surface area contributed by atoms with E-state index in [9.17, 15) is 5.21 Å². The van der Waals surface area contributed by atoms with Crippen LogP contribution in [0.2, 0.25) is 0 Å². The Kier molecular flexibility index (Phi) is 2.94. The maximum Gasteiger partial charge on any atom is 0.166 e. The summed E-state index contributed by atoms with van der Waals surface area (Å²) < 4.78 is 1.10. The average molecular weight is 171 g/mol. The molecule has 0 rings (SSSR count). The lowest BCUT2D eigenvalue weighted by Gasteiger charge is -2.26. The summed E-state index contributed by atoms with van der Waals surface area (Å²) in [6.45, 7) is 13.8. The predicted molar refractivity (Wildman–Crippen MR) is 53.5 cm³/mol.